The van der Waals surface area contributed by atoms with E-state index in [4.69, 9.17) is 9.84 Å². The first kappa shape index (κ1) is 14.0. The summed E-state index contributed by atoms with van der Waals surface area (Å²) in [5.41, 5.74) is 2.34. The van der Waals surface area contributed by atoms with Gasteiger partial charge < -0.3 is 15.2 Å². The number of nitrogens with zero attached hydrogens (tertiary/aromatic N) is 3. The van der Waals surface area contributed by atoms with Crippen LogP contribution < -0.4 is 10.1 Å². The van der Waals surface area contributed by atoms with Crippen LogP contribution in [-0.2, 0) is 6.42 Å². The molecule has 0 saturated heterocycles. The van der Waals surface area contributed by atoms with Crippen LogP contribution in [0, 0.1) is 6.92 Å². The van der Waals surface area contributed by atoms with E-state index in [1.54, 1.807) is 0 Å². The summed E-state index contributed by atoms with van der Waals surface area (Å²) in [6, 6.07) is 6.23. The number of aryl methyl sites for hydroxylation is 1. The molecule has 7 nitrogen and oxygen atoms in total. The quantitative estimate of drug-likeness (QED) is 0.765. The third-order valence-corrected chi connectivity index (χ3v) is 4.78. The van der Waals surface area contributed by atoms with Crippen molar-refractivity contribution in [3.63, 3.8) is 0 Å². The molecule has 2 N–H and O–H groups in total. The van der Waals surface area contributed by atoms with Gasteiger partial charge >= 0.3 is 5.97 Å². The Hall–Kier alpha value is -2.61. The molecule has 0 fully saturated rings. The monoisotopic (exact) mass is 330 g/mol. The van der Waals surface area contributed by atoms with E-state index in [0.717, 1.165) is 17.7 Å². The topological polar surface area (TPSA) is 88.8 Å². The summed E-state index contributed by atoms with van der Waals surface area (Å²) >= 11 is 1.28. The first-order valence-corrected chi connectivity index (χ1v) is 7.99. The summed E-state index contributed by atoms with van der Waals surface area (Å²) in [6.45, 7) is 2.59. The van der Waals surface area contributed by atoms with E-state index < -0.39 is 5.97 Å². The fraction of sp³-hybridized carbons (Fsp3) is 0.267. The van der Waals surface area contributed by atoms with E-state index in [1.165, 1.54) is 27.7 Å². The highest BCUT2D eigenvalue weighted by Gasteiger charge is 2.23. The molecule has 0 saturated carbocycles. The van der Waals surface area contributed by atoms with E-state index in [1.807, 2.05) is 19.1 Å². The minimum atomic E-state index is -1.05. The number of carboxylic acid groups (broad SMARTS) is 1. The zero-order valence-corrected chi connectivity index (χ0v) is 13.1. The molecule has 0 spiro atoms. The van der Waals surface area contributed by atoms with Crippen LogP contribution in [0.3, 0.4) is 0 Å². The van der Waals surface area contributed by atoms with Crippen LogP contribution in [0.2, 0.25) is 0 Å². The predicted molar refractivity (Wildman–Crippen MR) is 85.6 cm³/mol. The van der Waals surface area contributed by atoms with Gasteiger partial charge in [0.1, 0.15) is 18.7 Å². The molecule has 23 heavy (non-hydrogen) atoms. The smallest absolute Gasteiger partial charge is 0.357 e. The van der Waals surface area contributed by atoms with Crippen molar-refractivity contribution in [3.05, 3.63) is 41.3 Å². The van der Waals surface area contributed by atoms with Crippen molar-refractivity contribution in [3.8, 4) is 5.75 Å². The van der Waals surface area contributed by atoms with Gasteiger partial charge in [0, 0.05) is 0 Å². The standard InChI is InChI=1S/C15H14N4O3S/c1-8-3-2-4-9-5-10(6-22-12(8)9)17-15-18-19-7-16-11(14(20)21)13(19)23-15/h2-4,7,10H,5-6H2,1H3,(H,17,18)(H,20,21). The van der Waals surface area contributed by atoms with Crippen molar-refractivity contribution in [1.82, 2.24) is 14.6 Å². The molecule has 3 aromatic rings. The van der Waals surface area contributed by atoms with Crippen molar-refractivity contribution >= 4 is 27.3 Å². The average molecular weight is 330 g/mol. The highest BCUT2D eigenvalue weighted by Crippen LogP contribution is 2.30. The summed E-state index contributed by atoms with van der Waals surface area (Å²) in [5.74, 6) is -0.0803. The molecular weight excluding hydrogens is 316 g/mol. The third-order valence-electron chi connectivity index (χ3n) is 3.82. The van der Waals surface area contributed by atoms with Crippen LogP contribution in [-0.4, -0.2) is 38.3 Å². The Kier molecular flexibility index (Phi) is 3.19. The van der Waals surface area contributed by atoms with Gasteiger partial charge in [-0.15, -0.1) is 5.10 Å². The fourth-order valence-corrected chi connectivity index (χ4v) is 3.72. The number of hydrogen-bond donors (Lipinski definition) is 2. The molecule has 0 amide bonds. The van der Waals surface area contributed by atoms with Gasteiger partial charge in [-0.2, -0.15) is 0 Å². The number of ether oxygens (including phenoxy) is 1. The number of anilines is 1. The molecule has 1 unspecified atom stereocenters. The Bertz CT molecular complexity index is 901. The van der Waals surface area contributed by atoms with Gasteiger partial charge in [-0.1, -0.05) is 29.5 Å². The summed E-state index contributed by atoms with van der Waals surface area (Å²) in [4.78, 5) is 15.5. The van der Waals surface area contributed by atoms with E-state index in [0.29, 0.717) is 16.6 Å². The molecule has 118 valence electrons. The van der Waals surface area contributed by atoms with Gasteiger partial charge in [0.05, 0.1) is 6.04 Å². The van der Waals surface area contributed by atoms with Gasteiger partial charge in [-0.25, -0.2) is 14.3 Å². The lowest BCUT2D eigenvalue weighted by Crippen LogP contribution is -2.33. The van der Waals surface area contributed by atoms with Gasteiger partial charge in [0.25, 0.3) is 0 Å². The Morgan fingerprint density at radius 1 is 1.52 bits per heavy atom. The van der Waals surface area contributed by atoms with Crippen molar-refractivity contribution in [2.75, 3.05) is 11.9 Å². The number of carbonyl (C=O) groups is 1. The molecular formula is C15H14N4O3S. The summed E-state index contributed by atoms with van der Waals surface area (Å²) in [7, 11) is 0. The fourth-order valence-electron chi connectivity index (χ4n) is 2.77. The highest BCUT2D eigenvalue weighted by molar-refractivity contribution is 7.21. The van der Waals surface area contributed by atoms with E-state index in [2.05, 4.69) is 21.5 Å². The molecule has 2 aromatic heterocycles. The SMILES string of the molecule is Cc1cccc2c1OCC(Nc1nn3cnc(C(=O)O)c3s1)C2. The summed E-state index contributed by atoms with van der Waals surface area (Å²) in [5, 5.41) is 17.4. The number of para-hydroxylation sites is 1. The zero-order valence-electron chi connectivity index (χ0n) is 12.3. The maximum absolute atomic E-state index is 11.1. The normalized spacial score (nSPS) is 16.8. The molecule has 4 rings (SSSR count). The number of rotatable bonds is 3. The molecule has 3 heterocycles. The van der Waals surface area contributed by atoms with Crippen LogP contribution >= 0.6 is 11.3 Å². The van der Waals surface area contributed by atoms with Crippen LogP contribution in [0.4, 0.5) is 5.13 Å². The lowest BCUT2D eigenvalue weighted by molar-refractivity contribution is 0.0693. The van der Waals surface area contributed by atoms with E-state index >= 15 is 0 Å². The first-order valence-electron chi connectivity index (χ1n) is 7.17. The van der Waals surface area contributed by atoms with Crippen LogP contribution in [0.5, 0.6) is 5.75 Å². The summed E-state index contributed by atoms with van der Waals surface area (Å²) in [6.07, 6.45) is 2.26. The molecule has 0 bridgehead atoms. The van der Waals surface area contributed by atoms with Gasteiger partial charge in [0.15, 0.2) is 10.5 Å². The third kappa shape index (κ3) is 2.40. The Morgan fingerprint density at radius 3 is 3.22 bits per heavy atom. The molecule has 0 radical (unpaired) electrons. The van der Waals surface area contributed by atoms with Crippen LogP contribution in [0.1, 0.15) is 21.6 Å². The van der Waals surface area contributed by atoms with Crippen molar-refractivity contribution < 1.29 is 14.6 Å². The average Bonchev–Trinajstić information content (AvgIpc) is 3.07. The lowest BCUT2D eigenvalue weighted by Gasteiger charge is -2.26. The maximum Gasteiger partial charge on any atom is 0.357 e. The molecule has 8 heteroatoms. The van der Waals surface area contributed by atoms with Crippen molar-refractivity contribution in [2.45, 2.75) is 19.4 Å². The second-order valence-electron chi connectivity index (χ2n) is 5.47. The predicted octanol–water partition coefficient (Wildman–Crippen LogP) is 2.21. The highest BCUT2D eigenvalue weighted by atomic mass is 32.1. The van der Waals surface area contributed by atoms with Gasteiger partial charge in [0.2, 0.25) is 5.13 Å². The number of imidazole rings is 1. The maximum atomic E-state index is 11.1. The van der Waals surface area contributed by atoms with Gasteiger partial charge in [-0.3, -0.25) is 0 Å². The van der Waals surface area contributed by atoms with Crippen molar-refractivity contribution in [1.29, 1.82) is 0 Å². The van der Waals surface area contributed by atoms with E-state index in [-0.39, 0.29) is 11.7 Å². The minimum absolute atomic E-state index is 0.0245. The minimum Gasteiger partial charge on any atom is -0.491 e. The lowest BCUT2D eigenvalue weighted by atomic mass is 10.0. The number of carboxylic acids is 1. The number of aromatic nitrogens is 3. The van der Waals surface area contributed by atoms with E-state index in [9.17, 15) is 4.79 Å². The largest absolute Gasteiger partial charge is 0.491 e. The number of nitrogens with one attached hydrogen (secondary N) is 1. The second kappa shape index (κ2) is 5.24. The van der Waals surface area contributed by atoms with Crippen molar-refractivity contribution in [2.24, 2.45) is 0 Å². The molecule has 1 atom stereocenters. The summed E-state index contributed by atoms with van der Waals surface area (Å²) < 4.78 is 7.34. The van der Waals surface area contributed by atoms with Crippen LogP contribution in [0.15, 0.2) is 24.5 Å². The van der Waals surface area contributed by atoms with Gasteiger partial charge in [-0.05, 0) is 24.5 Å². The number of benzene rings is 1. The Morgan fingerprint density at radius 2 is 2.39 bits per heavy atom. The second-order valence-corrected chi connectivity index (χ2v) is 6.45. The molecule has 1 aliphatic heterocycles. The number of aromatic carboxylic acids is 1. The molecule has 0 aliphatic carbocycles. The zero-order chi connectivity index (χ0) is 16.0. The first-order chi connectivity index (χ1) is 11.1. The Balaban J connectivity index is 1.56. The Labute approximate surface area is 135 Å². The molecule has 1 aromatic carbocycles. The number of fused-ring (bicyclic) bond motifs is 2. The molecule has 1 aliphatic rings. The van der Waals surface area contributed by atoms with Crippen LogP contribution in [0.25, 0.3) is 4.83 Å². The number of hydrogen-bond acceptors (Lipinski definition) is 6.